The summed E-state index contributed by atoms with van der Waals surface area (Å²) in [6.07, 6.45) is -0.766. The van der Waals surface area contributed by atoms with Crippen molar-refractivity contribution in [1.29, 1.82) is 0 Å². The van der Waals surface area contributed by atoms with Crippen molar-refractivity contribution in [2.24, 2.45) is 0 Å². The van der Waals surface area contributed by atoms with Gasteiger partial charge in [-0.2, -0.15) is 0 Å². The van der Waals surface area contributed by atoms with Crippen LogP contribution in [0.1, 0.15) is 30.5 Å². The number of benzene rings is 2. The predicted molar refractivity (Wildman–Crippen MR) is 114 cm³/mol. The standard InChI is InChI=1S/C23H27NO7/c1-14(2)31-21(22(25)26)12-15-4-6-18(20(11-15)28-3)24-23(27)30-13-16-5-7-19-17(10-16)8-9-29-19/h4-7,10-11,14,21H,8-9,12-13H2,1-3H3,(H,24,27)(H,25,26). The van der Waals surface area contributed by atoms with Crippen molar-refractivity contribution in [3.05, 3.63) is 53.1 Å². The zero-order valence-electron chi connectivity index (χ0n) is 17.8. The number of ether oxygens (including phenoxy) is 4. The van der Waals surface area contributed by atoms with E-state index in [9.17, 15) is 14.7 Å². The van der Waals surface area contributed by atoms with Crippen molar-refractivity contribution >= 4 is 17.7 Å². The zero-order valence-corrected chi connectivity index (χ0v) is 17.8. The Morgan fingerprint density at radius 3 is 2.65 bits per heavy atom. The first kappa shape index (κ1) is 22.4. The second-order valence-corrected chi connectivity index (χ2v) is 7.49. The normalized spacial score (nSPS) is 13.3. The fourth-order valence-electron chi connectivity index (χ4n) is 3.33. The molecule has 2 N–H and O–H groups in total. The zero-order chi connectivity index (χ0) is 22.4. The molecule has 1 atom stereocenters. The third-order valence-corrected chi connectivity index (χ3v) is 4.76. The van der Waals surface area contributed by atoms with E-state index < -0.39 is 18.2 Å². The lowest BCUT2D eigenvalue weighted by Crippen LogP contribution is -2.29. The summed E-state index contributed by atoms with van der Waals surface area (Å²) in [5.41, 5.74) is 3.13. The van der Waals surface area contributed by atoms with Crippen molar-refractivity contribution in [3.8, 4) is 11.5 Å². The quantitative estimate of drug-likeness (QED) is 0.625. The van der Waals surface area contributed by atoms with Gasteiger partial charge < -0.3 is 24.1 Å². The fourth-order valence-corrected chi connectivity index (χ4v) is 3.33. The Labute approximate surface area is 181 Å². The molecule has 8 nitrogen and oxygen atoms in total. The molecule has 1 amide bonds. The molecule has 3 rings (SSSR count). The van der Waals surface area contributed by atoms with Crippen LogP contribution in [0.2, 0.25) is 0 Å². The lowest BCUT2D eigenvalue weighted by atomic mass is 10.1. The number of aliphatic carboxylic acids is 1. The van der Waals surface area contributed by atoms with Gasteiger partial charge in [-0.25, -0.2) is 9.59 Å². The third-order valence-electron chi connectivity index (χ3n) is 4.76. The minimum Gasteiger partial charge on any atom is -0.495 e. The average Bonchev–Trinajstić information content (AvgIpc) is 3.20. The van der Waals surface area contributed by atoms with Crippen molar-refractivity contribution < 1.29 is 33.6 Å². The van der Waals surface area contributed by atoms with E-state index in [1.54, 1.807) is 32.0 Å². The van der Waals surface area contributed by atoms with Crippen LogP contribution in [0.5, 0.6) is 11.5 Å². The van der Waals surface area contributed by atoms with Crippen molar-refractivity contribution in [1.82, 2.24) is 0 Å². The third kappa shape index (κ3) is 6.11. The molecule has 0 aromatic heterocycles. The number of methoxy groups -OCH3 is 1. The Morgan fingerprint density at radius 1 is 1.16 bits per heavy atom. The van der Waals surface area contributed by atoms with Gasteiger partial charge in [0, 0.05) is 12.8 Å². The van der Waals surface area contributed by atoms with E-state index in [2.05, 4.69) is 5.32 Å². The highest BCUT2D eigenvalue weighted by Crippen LogP contribution is 2.28. The highest BCUT2D eigenvalue weighted by molar-refractivity contribution is 5.86. The van der Waals surface area contributed by atoms with E-state index in [4.69, 9.17) is 18.9 Å². The number of amides is 1. The first-order valence-electron chi connectivity index (χ1n) is 10.1. The lowest BCUT2D eigenvalue weighted by molar-refractivity contribution is -0.153. The number of fused-ring (bicyclic) bond motifs is 1. The summed E-state index contributed by atoms with van der Waals surface area (Å²) in [6, 6.07) is 10.8. The predicted octanol–water partition coefficient (Wildman–Crippen LogP) is 3.80. The van der Waals surface area contributed by atoms with Gasteiger partial charge in [-0.3, -0.25) is 5.32 Å². The number of hydrogen-bond donors (Lipinski definition) is 2. The van der Waals surface area contributed by atoms with E-state index in [0.29, 0.717) is 23.6 Å². The number of carbonyl (C=O) groups excluding carboxylic acids is 1. The van der Waals surface area contributed by atoms with Crippen LogP contribution in [-0.2, 0) is 33.7 Å². The number of rotatable bonds is 9. The van der Waals surface area contributed by atoms with Gasteiger partial charge in [-0.05, 0) is 54.8 Å². The summed E-state index contributed by atoms with van der Waals surface area (Å²) < 4.78 is 21.6. The Kier molecular flexibility index (Phi) is 7.36. The van der Waals surface area contributed by atoms with E-state index in [1.165, 1.54) is 7.11 Å². The molecule has 1 aliphatic rings. The van der Waals surface area contributed by atoms with Gasteiger partial charge >= 0.3 is 12.1 Å². The summed E-state index contributed by atoms with van der Waals surface area (Å²) in [5, 5.41) is 12.0. The molecule has 0 bridgehead atoms. The van der Waals surface area contributed by atoms with E-state index in [1.807, 2.05) is 18.2 Å². The molecule has 0 spiro atoms. The van der Waals surface area contributed by atoms with Crippen LogP contribution in [-0.4, -0.2) is 43.1 Å². The van der Waals surface area contributed by atoms with Gasteiger partial charge in [-0.15, -0.1) is 0 Å². The van der Waals surface area contributed by atoms with Gasteiger partial charge in [0.25, 0.3) is 0 Å². The molecule has 1 aliphatic heterocycles. The number of carboxylic acids is 1. The highest BCUT2D eigenvalue weighted by atomic mass is 16.5. The van der Waals surface area contributed by atoms with Crippen molar-refractivity contribution in [2.45, 2.75) is 45.5 Å². The first-order chi connectivity index (χ1) is 14.9. The minimum atomic E-state index is -1.03. The Morgan fingerprint density at radius 2 is 1.94 bits per heavy atom. The maximum absolute atomic E-state index is 12.2. The van der Waals surface area contributed by atoms with E-state index >= 15 is 0 Å². The molecular formula is C23H27NO7. The van der Waals surface area contributed by atoms with Crippen LogP contribution in [0.3, 0.4) is 0 Å². The average molecular weight is 429 g/mol. The number of anilines is 1. The molecule has 0 saturated heterocycles. The molecule has 1 unspecified atom stereocenters. The van der Waals surface area contributed by atoms with Crippen LogP contribution in [0.15, 0.2) is 36.4 Å². The summed E-state index contributed by atoms with van der Waals surface area (Å²) >= 11 is 0. The topological polar surface area (TPSA) is 103 Å². The number of carboxylic acid groups (broad SMARTS) is 1. The van der Waals surface area contributed by atoms with E-state index in [0.717, 1.165) is 23.3 Å². The van der Waals surface area contributed by atoms with Crippen molar-refractivity contribution in [2.75, 3.05) is 19.0 Å². The maximum atomic E-state index is 12.2. The molecule has 0 fully saturated rings. The highest BCUT2D eigenvalue weighted by Gasteiger charge is 2.21. The van der Waals surface area contributed by atoms with Gasteiger partial charge in [0.2, 0.25) is 0 Å². The number of hydrogen-bond acceptors (Lipinski definition) is 6. The molecule has 1 heterocycles. The van der Waals surface area contributed by atoms with Gasteiger partial charge in [-0.1, -0.05) is 12.1 Å². The molecule has 2 aromatic carbocycles. The van der Waals surface area contributed by atoms with Gasteiger partial charge in [0.05, 0.1) is 25.5 Å². The summed E-state index contributed by atoms with van der Waals surface area (Å²) in [5.74, 6) is 0.247. The maximum Gasteiger partial charge on any atom is 0.412 e. The molecule has 31 heavy (non-hydrogen) atoms. The lowest BCUT2D eigenvalue weighted by Gasteiger charge is -2.17. The van der Waals surface area contributed by atoms with Crippen LogP contribution in [0.4, 0.5) is 10.5 Å². The largest absolute Gasteiger partial charge is 0.495 e. The van der Waals surface area contributed by atoms with Crippen LogP contribution >= 0.6 is 0 Å². The van der Waals surface area contributed by atoms with E-state index in [-0.39, 0.29) is 19.1 Å². The Hall–Kier alpha value is -3.26. The van der Waals surface area contributed by atoms with Crippen LogP contribution in [0, 0.1) is 0 Å². The molecule has 2 aromatic rings. The van der Waals surface area contributed by atoms with Gasteiger partial charge in [0.15, 0.2) is 6.10 Å². The second-order valence-electron chi connectivity index (χ2n) is 7.49. The Bertz CT molecular complexity index is 942. The molecule has 0 radical (unpaired) electrons. The van der Waals surface area contributed by atoms with Gasteiger partial charge in [0.1, 0.15) is 18.1 Å². The van der Waals surface area contributed by atoms with Crippen molar-refractivity contribution in [3.63, 3.8) is 0 Å². The second kappa shape index (κ2) is 10.2. The fraction of sp³-hybridized carbons (Fsp3) is 0.391. The summed E-state index contributed by atoms with van der Waals surface area (Å²) in [7, 11) is 1.47. The first-order valence-corrected chi connectivity index (χ1v) is 10.1. The monoisotopic (exact) mass is 429 g/mol. The minimum absolute atomic E-state index is 0.131. The molecule has 166 valence electrons. The summed E-state index contributed by atoms with van der Waals surface area (Å²) in [4.78, 5) is 23.7. The van der Waals surface area contributed by atoms with Crippen LogP contribution < -0.4 is 14.8 Å². The molecule has 0 saturated carbocycles. The number of carbonyl (C=O) groups is 2. The smallest absolute Gasteiger partial charge is 0.412 e. The Balaban J connectivity index is 1.60. The van der Waals surface area contributed by atoms with Crippen LogP contribution in [0.25, 0.3) is 0 Å². The molecule has 8 heteroatoms. The number of nitrogens with one attached hydrogen (secondary N) is 1. The molecule has 0 aliphatic carbocycles. The summed E-state index contributed by atoms with van der Waals surface area (Å²) in [6.45, 7) is 4.37. The SMILES string of the molecule is COc1cc(CC(OC(C)C)C(=O)O)ccc1NC(=O)OCc1ccc2c(c1)CCO2. The molecular weight excluding hydrogens is 402 g/mol.